The summed E-state index contributed by atoms with van der Waals surface area (Å²) >= 11 is 6.33. The lowest BCUT2D eigenvalue weighted by molar-refractivity contribution is -0.133. The second-order valence-electron chi connectivity index (χ2n) is 3.84. The van der Waals surface area contributed by atoms with E-state index in [-0.39, 0.29) is 11.4 Å². The summed E-state index contributed by atoms with van der Waals surface area (Å²) in [6.45, 7) is 2.75. The summed E-state index contributed by atoms with van der Waals surface area (Å²) in [6.07, 6.45) is 1.14. The standard InChI is InChI=1S/C13H9I3O4/c1-6(5-7(2)17)12(18)20-13(19)8-3-4-9(14)11(16)10(8)15/h3-5H,1-2H3. The minimum Gasteiger partial charge on any atom is -0.386 e. The van der Waals surface area contributed by atoms with Crippen LogP contribution in [-0.2, 0) is 14.3 Å². The van der Waals surface area contributed by atoms with E-state index in [1.165, 1.54) is 13.8 Å². The minimum absolute atomic E-state index is 0.0982. The molecule has 0 aliphatic carbocycles. The molecule has 20 heavy (non-hydrogen) atoms. The van der Waals surface area contributed by atoms with Crippen molar-refractivity contribution in [2.75, 3.05) is 0 Å². The number of hydrogen-bond donors (Lipinski definition) is 0. The molecule has 0 aromatic heterocycles. The van der Waals surface area contributed by atoms with Crippen LogP contribution in [0.5, 0.6) is 0 Å². The average Bonchev–Trinajstić information content (AvgIpc) is 2.35. The highest BCUT2D eigenvalue weighted by atomic mass is 127. The van der Waals surface area contributed by atoms with Crippen LogP contribution in [0.2, 0.25) is 0 Å². The summed E-state index contributed by atoms with van der Waals surface area (Å²) in [5, 5.41) is 0. The first kappa shape index (κ1) is 18.0. The van der Waals surface area contributed by atoms with Gasteiger partial charge in [-0.1, -0.05) is 0 Å². The lowest BCUT2D eigenvalue weighted by Crippen LogP contribution is -2.15. The molecule has 0 saturated carbocycles. The molecule has 1 rings (SSSR count). The lowest BCUT2D eigenvalue weighted by atomic mass is 10.2. The molecule has 0 aliphatic rings. The Hall–Kier alpha value is -0.0400. The van der Waals surface area contributed by atoms with Gasteiger partial charge in [-0.2, -0.15) is 0 Å². The number of carbonyl (C=O) groups excluding carboxylic acids is 3. The predicted molar refractivity (Wildman–Crippen MR) is 99.5 cm³/mol. The summed E-state index contributed by atoms with van der Waals surface area (Å²) in [5.41, 5.74) is 0.431. The fraction of sp³-hybridized carbons (Fsp3) is 0.154. The van der Waals surface area contributed by atoms with Crippen molar-refractivity contribution in [3.8, 4) is 0 Å². The average molecular weight is 610 g/mol. The topological polar surface area (TPSA) is 60.4 Å². The highest BCUT2D eigenvalue weighted by Gasteiger charge is 2.19. The molecule has 0 heterocycles. The fourth-order valence-corrected chi connectivity index (χ4v) is 3.39. The molecule has 0 amide bonds. The van der Waals surface area contributed by atoms with Gasteiger partial charge in [-0.05, 0) is 99.8 Å². The summed E-state index contributed by atoms with van der Waals surface area (Å²) in [4.78, 5) is 34.5. The summed E-state index contributed by atoms with van der Waals surface area (Å²) in [5.74, 6) is -1.80. The van der Waals surface area contributed by atoms with Gasteiger partial charge in [0, 0.05) is 16.3 Å². The zero-order chi connectivity index (χ0) is 15.4. The highest BCUT2D eigenvalue weighted by Crippen LogP contribution is 2.25. The molecule has 0 saturated heterocycles. The van der Waals surface area contributed by atoms with Gasteiger partial charge < -0.3 is 4.74 Å². The van der Waals surface area contributed by atoms with Gasteiger partial charge in [-0.15, -0.1) is 0 Å². The van der Waals surface area contributed by atoms with Gasteiger partial charge in [-0.25, -0.2) is 9.59 Å². The van der Waals surface area contributed by atoms with Crippen molar-refractivity contribution in [3.63, 3.8) is 0 Å². The Morgan fingerprint density at radius 2 is 1.65 bits per heavy atom. The Labute approximate surface area is 157 Å². The molecule has 106 valence electrons. The number of rotatable bonds is 3. The highest BCUT2D eigenvalue weighted by molar-refractivity contribution is 14.1. The fourth-order valence-electron chi connectivity index (χ4n) is 1.27. The van der Waals surface area contributed by atoms with Crippen LogP contribution in [0.4, 0.5) is 0 Å². The number of allylic oxidation sites excluding steroid dienone is 1. The van der Waals surface area contributed by atoms with E-state index in [9.17, 15) is 14.4 Å². The predicted octanol–water partition coefficient (Wildman–Crippen LogP) is 3.72. The van der Waals surface area contributed by atoms with Crippen molar-refractivity contribution in [1.29, 1.82) is 0 Å². The second kappa shape index (κ2) is 7.82. The maximum Gasteiger partial charge on any atom is 0.347 e. The molecular weight excluding hydrogens is 601 g/mol. The maximum absolute atomic E-state index is 12.0. The maximum atomic E-state index is 12.0. The Morgan fingerprint density at radius 3 is 2.20 bits per heavy atom. The van der Waals surface area contributed by atoms with Crippen LogP contribution in [0.1, 0.15) is 24.2 Å². The second-order valence-corrected chi connectivity index (χ2v) is 7.16. The molecule has 0 N–H and O–H groups in total. The number of benzene rings is 1. The van der Waals surface area contributed by atoms with Crippen molar-refractivity contribution in [2.24, 2.45) is 0 Å². The van der Waals surface area contributed by atoms with Gasteiger partial charge in [-0.3, -0.25) is 4.79 Å². The summed E-state index contributed by atoms with van der Waals surface area (Å²) in [7, 11) is 0. The van der Waals surface area contributed by atoms with Crippen molar-refractivity contribution < 1.29 is 19.1 Å². The van der Waals surface area contributed by atoms with Crippen molar-refractivity contribution in [2.45, 2.75) is 13.8 Å². The van der Waals surface area contributed by atoms with Gasteiger partial charge in [0.25, 0.3) is 0 Å². The van der Waals surface area contributed by atoms with Crippen LogP contribution in [0, 0.1) is 10.7 Å². The van der Waals surface area contributed by atoms with E-state index < -0.39 is 11.9 Å². The van der Waals surface area contributed by atoms with Crippen LogP contribution in [0.3, 0.4) is 0 Å². The van der Waals surface area contributed by atoms with Crippen LogP contribution < -0.4 is 0 Å². The summed E-state index contributed by atoms with van der Waals surface area (Å²) < 4.78 is 7.45. The van der Waals surface area contributed by atoms with Gasteiger partial charge >= 0.3 is 11.9 Å². The van der Waals surface area contributed by atoms with Crippen LogP contribution in [0.25, 0.3) is 0 Å². The molecule has 0 spiro atoms. The first-order valence-electron chi connectivity index (χ1n) is 5.33. The minimum atomic E-state index is -0.811. The van der Waals surface area contributed by atoms with Crippen molar-refractivity contribution >= 4 is 85.5 Å². The van der Waals surface area contributed by atoms with E-state index in [0.29, 0.717) is 5.56 Å². The van der Waals surface area contributed by atoms with E-state index in [2.05, 4.69) is 45.2 Å². The number of esters is 2. The Bertz CT molecular complexity index is 620. The smallest absolute Gasteiger partial charge is 0.347 e. The Balaban J connectivity index is 2.96. The Morgan fingerprint density at radius 1 is 1.05 bits per heavy atom. The molecule has 1 aromatic rings. The van der Waals surface area contributed by atoms with E-state index in [0.717, 1.165) is 16.8 Å². The molecule has 1 aromatic carbocycles. The van der Waals surface area contributed by atoms with Crippen molar-refractivity contribution in [1.82, 2.24) is 0 Å². The molecule has 0 bridgehead atoms. The molecule has 4 nitrogen and oxygen atoms in total. The third-order valence-corrected chi connectivity index (χ3v) is 7.39. The SMILES string of the molecule is CC(=O)C=C(C)C(=O)OC(=O)c1ccc(I)c(I)c1I. The molecule has 0 fully saturated rings. The third-order valence-electron chi connectivity index (χ3n) is 2.18. The normalized spacial score (nSPS) is 11.2. The number of carbonyl (C=O) groups is 3. The zero-order valence-electron chi connectivity index (χ0n) is 10.5. The number of halogens is 3. The monoisotopic (exact) mass is 610 g/mol. The van der Waals surface area contributed by atoms with Crippen LogP contribution in [-0.4, -0.2) is 17.7 Å². The van der Waals surface area contributed by atoms with E-state index in [1.54, 1.807) is 12.1 Å². The molecule has 0 radical (unpaired) electrons. The number of ketones is 1. The number of ether oxygens (including phenoxy) is 1. The third kappa shape index (κ3) is 4.76. The van der Waals surface area contributed by atoms with Crippen molar-refractivity contribution in [3.05, 3.63) is 40.1 Å². The first-order valence-corrected chi connectivity index (χ1v) is 8.56. The number of hydrogen-bond acceptors (Lipinski definition) is 4. The molecule has 0 atom stereocenters. The Kier molecular flexibility index (Phi) is 7.04. The molecule has 0 unspecified atom stereocenters. The molecular formula is C13H9I3O4. The van der Waals surface area contributed by atoms with Crippen LogP contribution >= 0.6 is 67.8 Å². The van der Waals surface area contributed by atoms with E-state index in [4.69, 9.17) is 4.74 Å². The van der Waals surface area contributed by atoms with Gasteiger partial charge in [0.05, 0.1) is 5.56 Å². The van der Waals surface area contributed by atoms with Gasteiger partial charge in [0.1, 0.15) is 0 Å². The first-order chi connectivity index (χ1) is 9.23. The lowest BCUT2D eigenvalue weighted by Gasteiger charge is -2.07. The van der Waals surface area contributed by atoms with E-state index >= 15 is 0 Å². The zero-order valence-corrected chi connectivity index (χ0v) is 17.0. The molecule has 0 aliphatic heterocycles. The quantitative estimate of drug-likeness (QED) is 0.172. The van der Waals surface area contributed by atoms with Gasteiger partial charge in [0.15, 0.2) is 5.78 Å². The molecule has 7 heteroatoms. The van der Waals surface area contributed by atoms with Gasteiger partial charge in [0.2, 0.25) is 0 Å². The largest absolute Gasteiger partial charge is 0.386 e. The summed E-state index contributed by atoms with van der Waals surface area (Å²) in [6, 6.07) is 3.40. The van der Waals surface area contributed by atoms with Crippen LogP contribution in [0.15, 0.2) is 23.8 Å². The van der Waals surface area contributed by atoms with E-state index in [1.807, 2.05) is 22.6 Å².